The van der Waals surface area contributed by atoms with Crippen molar-refractivity contribution in [1.82, 2.24) is 0 Å². The summed E-state index contributed by atoms with van der Waals surface area (Å²) in [6, 6.07) is 11.6. The van der Waals surface area contributed by atoms with Crippen molar-refractivity contribution >= 4 is 23.1 Å². The van der Waals surface area contributed by atoms with Gasteiger partial charge in [-0.2, -0.15) is 0 Å². The average Bonchev–Trinajstić information content (AvgIpc) is 2.84. The van der Waals surface area contributed by atoms with E-state index in [1.54, 1.807) is 24.3 Å². The Morgan fingerprint density at radius 1 is 1.23 bits per heavy atom. The van der Waals surface area contributed by atoms with Gasteiger partial charge in [0.25, 0.3) is 11.6 Å². The second kappa shape index (κ2) is 6.43. The second-order valence-electron chi connectivity index (χ2n) is 5.88. The number of anilines is 1. The number of rotatable bonds is 5. The highest BCUT2D eigenvalue weighted by Gasteiger charge is 2.50. The maximum absolute atomic E-state index is 12.7. The minimum atomic E-state index is -2.02. The van der Waals surface area contributed by atoms with E-state index in [-0.39, 0.29) is 17.8 Å². The molecular weight excluding hydrogens is 336 g/mol. The first-order valence-electron chi connectivity index (χ1n) is 7.73. The number of hydrogen-bond donors (Lipinski definition) is 1. The van der Waals surface area contributed by atoms with E-state index in [1.165, 1.54) is 29.2 Å². The zero-order valence-electron chi connectivity index (χ0n) is 13.6. The number of benzene rings is 2. The fraction of sp³-hybridized carbons (Fsp3) is 0.158. The number of amides is 1. The number of nitrogens with zero attached hydrogens (tertiary/aromatic N) is 2. The van der Waals surface area contributed by atoms with E-state index in [4.69, 9.17) is 6.42 Å². The molecule has 0 spiro atoms. The summed E-state index contributed by atoms with van der Waals surface area (Å²) in [5.41, 5.74) is -1.22. The van der Waals surface area contributed by atoms with E-state index < -0.39 is 28.6 Å². The van der Waals surface area contributed by atoms with Crippen LogP contribution in [0.1, 0.15) is 22.3 Å². The van der Waals surface area contributed by atoms with Crippen molar-refractivity contribution in [1.29, 1.82) is 0 Å². The van der Waals surface area contributed by atoms with Crippen LogP contribution in [0.3, 0.4) is 0 Å². The Bertz CT molecular complexity index is 945. The van der Waals surface area contributed by atoms with Crippen molar-refractivity contribution in [2.45, 2.75) is 12.0 Å². The Hall–Kier alpha value is -3.50. The predicted octanol–water partition coefficient (Wildman–Crippen LogP) is 2.04. The molecule has 130 valence electrons. The molecule has 0 saturated heterocycles. The van der Waals surface area contributed by atoms with Crippen molar-refractivity contribution in [3.8, 4) is 12.3 Å². The number of non-ortho nitro benzene ring substituents is 1. The van der Waals surface area contributed by atoms with Crippen LogP contribution in [0.25, 0.3) is 0 Å². The second-order valence-corrected chi connectivity index (χ2v) is 5.88. The first kappa shape index (κ1) is 17.3. The maximum Gasteiger partial charge on any atom is 0.269 e. The normalized spacial score (nSPS) is 18.3. The van der Waals surface area contributed by atoms with Crippen LogP contribution in [0.4, 0.5) is 11.4 Å². The summed E-state index contributed by atoms with van der Waals surface area (Å²) in [5, 5.41) is 21.7. The molecule has 1 aliphatic rings. The van der Waals surface area contributed by atoms with Crippen molar-refractivity contribution in [3.05, 3.63) is 69.8 Å². The highest BCUT2D eigenvalue weighted by molar-refractivity contribution is 6.11. The summed E-state index contributed by atoms with van der Waals surface area (Å²) in [6.45, 7) is -0.0239. The smallest absolute Gasteiger partial charge is 0.269 e. The Balaban J connectivity index is 1.93. The largest absolute Gasteiger partial charge is 0.375 e. The standard InChI is InChI=1S/C19H14N2O5/c1-2-11-20-16-6-4-3-5-15(16)19(24,18(20)23)12-17(22)13-7-9-14(10-8-13)21(25)26/h1,3-10,24H,11-12H2/t19-/m0/s1. The fourth-order valence-corrected chi connectivity index (χ4v) is 3.03. The van der Waals surface area contributed by atoms with Crippen LogP contribution >= 0.6 is 0 Å². The number of Topliss-reactive ketones (excluding diaryl/α,β-unsaturated/α-hetero) is 1. The number of nitro groups is 1. The minimum Gasteiger partial charge on any atom is -0.375 e. The van der Waals surface area contributed by atoms with Crippen LogP contribution in [-0.4, -0.2) is 28.3 Å². The van der Waals surface area contributed by atoms with E-state index in [1.807, 2.05) is 0 Å². The van der Waals surface area contributed by atoms with Gasteiger partial charge in [-0.3, -0.25) is 24.6 Å². The lowest BCUT2D eigenvalue weighted by molar-refractivity contribution is -0.384. The monoisotopic (exact) mass is 350 g/mol. The number of terminal acetylenes is 1. The molecule has 2 aromatic rings. The lowest BCUT2D eigenvalue weighted by Gasteiger charge is -2.21. The SMILES string of the molecule is C#CCN1C(=O)[C@](O)(CC(=O)c2ccc([N+](=O)[O-])cc2)c2ccccc21. The van der Waals surface area contributed by atoms with E-state index in [2.05, 4.69) is 5.92 Å². The van der Waals surface area contributed by atoms with Crippen LogP contribution < -0.4 is 4.90 Å². The van der Waals surface area contributed by atoms with Crippen LogP contribution in [-0.2, 0) is 10.4 Å². The van der Waals surface area contributed by atoms with Crippen molar-refractivity contribution in [2.24, 2.45) is 0 Å². The number of para-hydroxylation sites is 1. The molecule has 7 heteroatoms. The molecule has 0 radical (unpaired) electrons. The lowest BCUT2D eigenvalue weighted by atomic mass is 9.88. The topological polar surface area (TPSA) is 101 Å². The van der Waals surface area contributed by atoms with Crippen molar-refractivity contribution < 1.29 is 19.6 Å². The molecule has 26 heavy (non-hydrogen) atoms. The number of fused-ring (bicyclic) bond motifs is 1. The average molecular weight is 350 g/mol. The van der Waals surface area contributed by atoms with E-state index in [0.29, 0.717) is 11.3 Å². The van der Waals surface area contributed by atoms with Gasteiger partial charge in [-0.05, 0) is 18.2 Å². The van der Waals surface area contributed by atoms with E-state index in [9.17, 15) is 24.8 Å². The van der Waals surface area contributed by atoms with Gasteiger partial charge in [-0.15, -0.1) is 6.42 Å². The maximum atomic E-state index is 12.7. The molecule has 0 aliphatic carbocycles. The first-order chi connectivity index (χ1) is 12.4. The molecule has 0 saturated carbocycles. The van der Waals surface area contributed by atoms with Crippen LogP contribution in [0, 0.1) is 22.5 Å². The van der Waals surface area contributed by atoms with E-state index >= 15 is 0 Å². The number of carbonyl (C=O) groups is 2. The molecule has 1 aliphatic heterocycles. The Kier molecular flexibility index (Phi) is 4.28. The fourth-order valence-electron chi connectivity index (χ4n) is 3.03. The summed E-state index contributed by atoms with van der Waals surface area (Å²) >= 11 is 0. The number of aliphatic hydroxyl groups is 1. The first-order valence-corrected chi connectivity index (χ1v) is 7.73. The summed E-state index contributed by atoms with van der Waals surface area (Å²) < 4.78 is 0. The van der Waals surface area contributed by atoms with Crippen LogP contribution in [0.2, 0.25) is 0 Å². The molecule has 1 heterocycles. The predicted molar refractivity (Wildman–Crippen MR) is 93.6 cm³/mol. The van der Waals surface area contributed by atoms with Gasteiger partial charge in [0.05, 0.1) is 23.6 Å². The lowest BCUT2D eigenvalue weighted by Crippen LogP contribution is -2.42. The third-order valence-electron chi connectivity index (χ3n) is 4.31. The molecule has 3 rings (SSSR count). The Labute approximate surface area is 149 Å². The molecule has 0 aromatic heterocycles. The summed E-state index contributed by atoms with van der Waals surface area (Å²) in [7, 11) is 0. The van der Waals surface area contributed by atoms with Gasteiger partial charge in [-0.25, -0.2) is 0 Å². The molecular formula is C19H14N2O5. The number of ketones is 1. The molecule has 0 unspecified atom stereocenters. The molecule has 0 fully saturated rings. The molecule has 1 amide bonds. The van der Waals surface area contributed by atoms with Crippen molar-refractivity contribution in [3.63, 3.8) is 0 Å². The van der Waals surface area contributed by atoms with Gasteiger partial charge in [0.15, 0.2) is 11.4 Å². The zero-order chi connectivity index (χ0) is 18.9. The van der Waals surface area contributed by atoms with Gasteiger partial charge in [0, 0.05) is 23.3 Å². The summed E-state index contributed by atoms with van der Waals surface area (Å²) in [4.78, 5) is 36.7. The number of hydrogen-bond acceptors (Lipinski definition) is 5. The third-order valence-corrected chi connectivity index (χ3v) is 4.31. The van der Waals surface area contributed by atoms with Crippen LogP contribution in [0.5, 0.6) is 0 Å². The van der Waals surface area contributed by atoms with Gasteiger partial charge in [0.1, 0.15) is 0 Å². The van der Waals surface area contributed by atoms with Crippen molar-refractivity contribution in [2.75, 3.05) is 11.4 Å². The molecule has 1 atom stereocenters. The highest BCUT2D eigenvalue weighted by Crippen LogP contribution is 2.42. The molecule has 2 aromatic carbocycles. The molecule has 0 bridgehead atoms. The zero-order valence-corrected chi connectivity index (χ0v) is 13.6. The summed E-state index contributed by atoms with van der Waals surface area (Å²) in [5.74, 6) is 1.20. The quantitative estimate of drug-likeness (QED) is 0.385. The minimum absolute atomic E-state index is 0.0239. The van der Waals surface area contributed by atoms with E-state index in [0.717, 1.165) is 0 Å². The molecule has 7 nitrogen and oxygen atoms in total. The van der Waals surface area contributed by atoms with Gasteiger partial charge in [0.2, 0.25) is 0 Å². The Morgan fingerprint density at radius 2 is 1.88 bits per heavy atom. The summed E-state index contributed by atoms with van der Waals surface area (Å²) in [6.07, 6.45) is 4.82. The number of nitro benzene ring substituents is 1. The molecule has 1 N–H and O–H groups in total. The van der Waals surface area contributed by atoms with Crippen LogP contribution in [0.15, 0.2) is 48.5 Å². The van der Waals surface area contributed by atoms with Gasteiger partial charge in [-0.1, -0.05) is 24.1 Å². The third kappa shape index (κ3) is 2.72. The highest BCUT2D eigenvalue weighted by atomic mass is 16.6. The number of carbonyl (C=O) groups excluding carboxylic acids is 2. The van der Waals surface area contributed by atoms with Gasteiger partial charge < -0.3 is 5.11 Å². The Morgan fingerprint density at radius 3 is 2.50 bits per heavy atom. The van der Waals surface area contributed by atoms with Gasteiger partial charge >= 0.3 is 0 Å².